The van der Waals surface area contributed by atoms with Crippen LogP contribution in [0.5, 0.6) is 0 Å². The van der Waals surface area contributed by atoms with Crippen LogP contribution in [-0.4, -0.2) is 21.4 Å². The summed E-state index contributed by atoms with van der Waals surface area (Å²) in [6.45, 7) is 3.79. The summed E-state index contributed by atoms with van der Waals surface area (Å²) >= 11 is 7.43. The van der Waals surface area contributed by atoms with Gasteiger partial charge in [-0.3, -0.25) is 4.79 Å². The average molecular weight is 404 g/mol. The van der Waals surface area contributed by atoms with E-state index < -0.39 is 0 Å². The number of aromatic nitrogens is 2. The molecule has 140 valence electrons. The van der Waals surface area contributed by atoms with Gasteiger partial charge in [0.2, 0.25) is 5.91 Å². The highest BCUT2D eigenvalue weighted by Gasteiger charge is 2.15. The van der Waals surface area contributed by atoms with Crippen LogP contribution in [0.15, 0.2) is 48.5 Å². The van der Waals surface area contributed by atoms with Crippen LogP contribution in [0.3, 0.4) is 0 Å². The van der Waals surface area contributed by atoms with Crippen molar-refractivity contribution in [2.45, 2.75) is 19.6 Å². The van der Waals surface area contributed by atoms with Crippen LogP contribution in [0.25, 0.3) is 5.69 Å². The highest BCUT2D eigenvalue weighted by Crippen LogP contribution is 2.24. The SMILES string of the molecule is Cc1nn(-c2ccccc2)c(C)c1NC(=O)CSCc1ccc(F)cc1Cl. The van der Waals surface area contributed by atoms with E-state index in [2.05, 4.69) is 10.4 Å². The van der Waals surface area contributed by atoms with Crippen molar-refractivity contribution in [2.75, 3.05) is 11.1 Å². The Hall–Kier alpha value is -2.31. The summed E-state index contributed by atoms with van der Waals surface area (Å²) in [7, 11) is 0. The van der Waals surface area contributed by atoms with Gasteiger partial charge in [0.25, 0.3) is 0 Å². The number of nitrogens with one attached hydrogen (secondary N) is 1. The third-order valence-electron chi connectivity index (χ3n) is 4.06. The average Bonchev–Trinajstić information content (AvgIpc) is 2.92. The summed E-state index contributed by atoms with van der Waals surface area (Å²) in [5.74, 6) is 0.321. The molecule has 1 aromatic heterocycles. The molecule has 3 rings (SSSR count). The molecule has 0 aliphatic heterocycles. The molecule has 27 heavy (non-hydrogen) atoms. The standard InChI is InChI=1S/C20H19ClFN3OS/c1-13-20(14(2)25(24-13)17-6-4-3-5-7-17)23-19(26)12-27-11-15-8-9-16(22)10-18(15)21/h3-10H,11-12H2,1-2H3,(H,23,26). The summed E-state index contributed by atoms with van der Waals surface area (Å²) in [6.07, 6.45) is 0. The number of para-hydroxylation sites is 1. The number of amides is 1. The summed E-state index contributed by atoms with van der Waals surface area (Å²) < 4.78 is 14.9. The first kappa shape index (κ1) is 19.5. The van der Waals surface area contributed by atoms with Crippen LogP contribution >= 0.6 is 23.4 Å². The first-order valence-electron chi connectivity index (χ1n) is 8.39. The molecule has 0 spiro atoms. The molecule has 0 bridgehead atoms. The summed E-state index contributed by atoms with van der Waals surface area (Å²) in [4.78, 5) is 12.3. The number of rotatable bonds is 6. The van der Waals surface area contributed by atoms with E-state index >= 15 is 0 Å². The zero-order valence-corrected chi connectivity index (χ0v) is 16.6. The van der Waals surface area contributed by atoms with Crippen molar-refractivity contribution in [3.8, 4) is 5.69 Å². The number of anilines is 1. The van der Waals surface area contributed by atoms with Crippen LogP contribution in [0.4, 0.5) is 10.1 Å². The molecular formula is C20H19ClFN3OS. The van der Waals surface area contributed by atoms with E-state index in [0.717, 1.165) is 28.3 Å². The van der Waals surface area contributed by atoms with Gasteiger partial charge in [0.1, 0.15) is 5.82 Å². The number of carbonyl (C=O) groups is 1. The molecule has 2 aromatic carbocycles. The number of hydrogen-bond donors (Lipinski definition) is 1. The number of carbonyl (C=O) groups excluding carboxylic acids is 1. The molecule has 3 aromatic rings. The molecule has 0 unspecified atom stereocenters. The van der Waals surface area contributed by atoms with Crippen LogP contribution in [-0.2, 0) is 10.5 Å². The lowest BCUT2D eigenvalue weighted by Gasteiger charge is -2.08. The van der Waals surface area contributed by atoms with Crippen LogP contribution < -0.4 is 5.32 Å². The van der Waals surface area contributed by atoms with Crippen molar-refractivity contribution < 1.29 is 9.18 Å². The van der Waals surface area contributed by atoms with Gasteiger partial charge in [-0.25, -0.2) is 9.07 Å². The second-order valence-corrected chi connectivity index (χ2v) is 7.46. The maximum Gasteiger partial charge on any atom is 0.234 e. The molecule has 0 saturated heterocycles. The normalized spacial score (nSPS) is 10.8. The predicted octanol–water partition coefficient (Wildman–Crippen LogP) is 5.15. The van der Waals surface area contributed by atoms with Gasteiger partial charge in [-0.15, -0.1) is 11.8 Å². The van der Waals surface area contributed by atoms with Crippen molar-refractivity contribution in [3.63, 3.8) is 0 Å². The van der Waals surface area contributed by atoms with Crippen LogP contribution in [0.1, 0.15) is 17.0 Å². The fraction of sp³-hybridized carbons (Fsp3) is 0.200. The number of aryl methyl sites for hydroxylation is 1. The summed E-state index contributed by atoms with van der Waals surface area (Å²) in [5.41, 5.74) is 4.11. The van der Waals surface area contributed by atoms with E-state index in [0.29, 0.717) is 10.8 Å². The molecule has 1 N–H and O–H groups in total. The van der Waals surface area contributed by atoms with Gasteiger partial charge < -0.3 is 5.32 Å². The lowest BCUT2D eigenvalue weighted by Crippen LogP contribution is -2.15. The maximum absolute atomic E-state index is 13.1. The van der Waals surface area contributed by atoms with E-state index in [-0.39, 0.29) is 17.5 Å². The molecule has 0 fully saturated rings. The van der Waals surface area contributed by atoms with Crippen LogP contribution in [0.2, 0.25) is 5.02 Å². The van der Waals surface area contributed by atoms with E-state index in [9.17, 15) is 9.18 Å². The Morgan fingerprint density at radius 3 is 2.67 bits per heavy atom. The minimum atomic E-state index is -0.368. The second-order valence-electron chi connectivity index (χ2n) is 6.07. The van der Waals surface area contributed by atoms with Gasteiger partial charge in [-0.2, -0.15) is 5.10 Å². The summed E-state index contributed by atoms with van der Waals surface area (Å²) in [5, 5.41) is 7.84. The largest absolute Gasteiger partial charge is 0.322 e. The zero-order chi connectivity index (χ0) is 19.4. The van der Waals surface area contributed by atoms with Crippen LogP contribution in [0, 0.1) is 19.7 Å². The quantitative estimate of drug-likeness (QED) is 0.618. The highest BCUT2D eigenvalue weighted by atomic mass is 35.5. The van der Waals surface area contributed by atoms with Gasteiger partial charge in [-0.05, 0) is 43.7 Å². The van der Waals surface area contributed by atoms with Crippen molar-refractivity contribution in [1.29, 1.82) is 0 Å². The number of thioether (sulfide) groups is 1. The molecule has 1 heterocycles. The lowest BCUT2D eigenvalue weighted by molar-refractivity contribution is -0.113. The van der Waals surface area contributed by atoms with Gasteiger partial charge in [0.15, 0.2) is 0 Å². The number of nitrogens with zero attached hydrogens (tertiary/aromatic N) is 2. The van der Waals surface area contributed by atoms with E-state index in [4.69, 9.17) is 11.6 Å². The summed E-state index contributed by atoms with van der Waals surface area (Å²) in [6, 6.07) is 14.1. The Morgan fingerprint density at radius 2 is 1.96 bits per heavy atom. The van der Waals surface area contributed by atoms with E-state index in [1.54, 1.807) is 6.07 Å². The van der Waals surface area contributed by atoms with Gasteiger partial charge in [0.05, 0.1) is 28.5 Å². The van der Waals surface area contributed by atoms with Crippen molar-refractivity contribution in [3.05, 3.63) is 76.3 Å². The van der Waals surface area contributed by atoms with Crippen molar-refractivity contribution in [1.82, 2.24) is 9.78 Å². The predicted molar refractivity (Wildman–Crippen MR) is 109 cm³/mol. The van der Waals surface area contributed by atoms with Gasteiger partial charge in [0, 0.05) is 10.8 Å². The van der Waals surface area contributed by atoms with E-state index in [1.165, 1.54) is 23.9 Å². The highest BCUT2D eigenvalue weighted by molar-refractivity contribution is 7.99. The minimum Gasteiger partial charge on any atom is -0.322 e. The fourth-order valence-corrected chi connectivity index (χ4v) is 3.86. The Balaban J connectivity index is 1.62. The molecule has 0 aliphatic carbocycles. The molecule has 1 amide bonds. The van der Waals surface area contributed by atoms with Gasteiger partial charge in [-0.1, -0.05) is 35.9 Å². The molecule has 0 aliphatic rings. The molecule has 0 atom stereocenters. The monoisotopic (exact) mass is 403 g/mol. The van der Waals surface area contributed by atoms with E-state index in [1.807, 2.05) is 48.9 Å². The van der Waals surface area contributed by atoms with Crippen molar-refractivity contribution in [2.24, 2.45) is 0 Å². The smallest absolute Gasteiger partial charge is 0.234 e. The fourth-order valence-electron chi connectivity index (χ4n) is 2.71. The Morgan fingerprint density at radius 1 is 1.22 bits per heavy atom. The number of benzene rings is 2. The maximum atomic E-state index is 13.1. The first-order valence-corrected chi connectivity index (χ1v) is 9.92. The molecule has 0 saturated carbocycles. The lowest BCUT2D eigenvalue weighted by atomic mass is 10.2. The topological polar surface area (TPSA) is 46.9 Å². The molecule has 7 heteroatoms. The Bertz CT molecular complexity index is 959. The molecule has 4 nitrogen and oxygen atoms in total. The Labute approximate surface area is 166 Å². The molecular weight excluding hydrogens is 385 g/mol. The molecule has 0 radical (unpaired) electrons. The first-order chi connectivity index (χ1) is 13.0. The number of halogens is 2. The Kier molecular flexibility index (Phi) is 6.19. The third kappa shape index (κ3) is 4.70. The van der Waals surface area contributed by atoms with Gasteiger partial charge >= 0.3 is 0 Å². The zero-order valence-electron chi connectivity index (χ0n) is 15.0. The van der Waals surface area contributed by atoms with Crippen molar-refractivity contribution >= 4 is 35.0 Å². The minimum absolute atomic E-state index is 0.114. The second kappa shape index (κ2) is 8.59. The third-order valence-corrected chi connectivity index (χ3v) is 5.40. The number of hydrogen-bond acceptors (Lipinski definition) is 3.